The Hall–Kier alpha value is -5.30. The number of pyridine rings is 1. The molecule has 2 amide bonds. The summed E-state index contributed by atoms with van der Waals surface area (Å²) in [6.45, 7) is 0. The van der Waals surface area contributed by atoms with Crippen LogP contribution in [0.25, 0.3) is 27.5 Å². The number of hydrogen-bond acceptors (Lipinski definition) is 5. The number of nitrogens with zero attached hydrogens (tertiary/aromatic N) is 4. The van der Waals surface area contributed by atoms with Gasteiger partial charge in [0, 0.05) is 28.1 Å². The zero-order valence-electron chi connectivity index (χ0n) is 20.5. The quantitative estimate of drug-likeness (QED) is 0.270. The van der Waals surface area contributed by atoms with Gasteiger partial charge in [0.15, 0.2) is 5.82 Å². The fraction of sp³-hybridized carbons (Fsp3) is 0.0323. The maximum Gasteiger partial charge on any atom is 0.266 e. The van der Waals surface area contributed by atoms with E-state index in [0.717, 1.165) is 27.1 Å². The number of carbonyl (C=O) groups excluding carboxylic acids is 2. The minimum absolute atomic E-state index is 0.175. The van der Waals surface area contributed by atoms with E-state index in [1.165, 1.54) is 0 Å². The molecule has 0 radical (unpaired) electrons. The number of rotatable bonds is 5. The van der Waals surface area contributed by atoms with Crippen LogP contribution in [0.1, 0.15) is 20.7 Å². The van der Waals surface area contributed by atoms with E-state index in [0.29, 0.717) is 22.2 Å². The summed E-state index contributed by atoms with van der Waals surface area (Å²) in [5.74, 6) is -0.0647. The molecule has 2 aromatic heterocycles. The Morgan fingerprint density at radius 3 is 1.89 bits per heavy atom. The topological polar surface area (TPSA) is 77.3 Å². The second-order valence-electron chi connectivity index (χ2n) is 8.66. The van der Waals surface area contributed by atoms with Crippen LogP contribution in [0.4, 0.5) is 5.82 Å². The number of para-hydroxylation sites is 1. The lowest BCUT2D eigenvalue weighted by Crippen LogP contribution is -2.38. The number of benzene rings is 4. The van der Waals surface area contributed by atoms with Gasteiger partial charge in [-0.05, 0) is 54.6 Å². The lowest BCUT2D eigenvalue weighted by molar-refractivity contribution is 0.0897. The number of amides is 2. The van der Waals surface area contributed by atoms with Crippen LogP contribution in [0, 0.1) is 0 Å². The fourth-order valence-electron chi connectivity index (χ4n) is 4.43. The van der Waals surface area contributed by atoms with Gasteiger partial charge < -0.3 is 4.74 Å². The van der Waals surface area contributed by atoms with Crippen LogP contribution >= 0.6 is 0 Å². The number of carbonyl (C=O) groups is 2. The highest BCUT2D eigenvalue weighted by Gasteiger charge is 2.30. The molecule has 2 heterocycles. The zero-order valence-corrected chi connectivity index (χ0v) is 20.5. The van der Waals surface area contributed by atoms with E-state index in [1.807, 2.05) is 66.9 Å². The molecular formula is C31H22N4O3. The van der Waals surface area contributed by atoms with Gasteiger partial charge in [0.2, 0.25) is 0 Å². The van der Waals surface area contributed by atoms with E-state index in [4.69, 9.17) is 14.8 Å². The molecule has 7 nitrogen and oxygen atoms in total. The molecule has 0 saturated carbocycles. The summed E-state index contributed by atoms with van der Waals surface area (Å²) < 4.78 is 7.01. The summed E-state index contributed by atoms with van der Waals surface area (Å²) in [5, 5.41) is 6.47. The van der Waals surface area contributed by atoms with E-state index >= 15 is 0 Å². The van der Waals surface area contributed by atoms with Gasteiger partial charge in [-0.3, -0.25) is 9.59 Å². The maximum atomic E-state index is 13.9. The average molecular weight is 499 g/mol. The van der Waals surface area contributed by atoms with Gasteiger partial charge in [0.1, 0.15) is 11.3 Å². The van der Waals surface area contributed by atoms with Gasteiger partial charge in [-0.25, -0.2) is 14.6 Å². The van der Waals surface area contributed by atoms with E-state index in [9.17, 15) is 9.59 Å². The van der Waals surface area contributed by atoms with Crippen molar-refractivity contribution >= 4 is 39.4 Å². The second kappa shape index (κ2) is 9.63. The van der Waals surface area contributed by atoms with Crippen molar-refractivity contribution in [3.8, 4) is 11.4 Å². The maximum absolute atomic E-state index is 13.9. The molecule has 0 N–H and O–H groups in total. The number of hydrogen-bond donors (Lipinski definition) is 0. The fourth-order valence-corrected chi connectivity index (χ4v) is 4.43. The first kappa shape index (κ1) is 23.1. The highest BCUT2D eigenvalue weighted by atomic mass is 16.5. The minimum Gasteiger partial charge on any atom is -0.497 e. The Balaban J connectivity index is 1.61. The Morgan fingerprint density at radius 2 is 1.29 bits per heavy atom. The highest BCUT2D eigenvalue weighted by Crippen LogP contribution is 2.33. The first-order valence-corrected chi connectivity index (χ1v) is 12.1. The molecule has 6 aromatic rings. The Morgan fingerprint density at radius 1 is 0.711 bits per heavy atom. The summed E-state index contributed by atoms with van der Waals surface area (Å²) in [6.07, 6.45) is 1.89. The van der Waals surface area contributed by atoms with Gasteiger partial charge in [-0.15, -0.1) is 0 Å². The van der Waals surface area contributed by atoms with Crippen molar-refractivity contribution in [1.29, 1.82) is 0 Å². The lowest BCUT2D eigenvalue weighted by Gasteiger charge is -2.21. The van der Waals surface area contributed by atoms with Gasteiger partial charge >= 0.3 is 0 Å². The molecule has 184 valence electrons. The third-order valence-electron chi connectivity index (χ3n) is 6.34. The molecule has 0 saturated heterocycles. The number of aromatic nitrogens is 3. The molecule has 0 aliphatic heterocycles. The molecule has 0 unspecified atom stereocenters. The van der Waals surface area contributed by atoms with Gasteiger partial charge in [0.05, 0.1) is 18.3 Å². The van der Waals surface area contributed by atoms with E-state index in [-0.39, 0.29) is 5.82 Å². The monoisotopic (exact) mass is 498 g/mol. The number of methoxy groups -OCH3 is 1. The molecule has 6 rings (SSSR count). The number of anilines is 1. The summed E-state index contributed by atoms with van der Waals surface area (Å²) in [4.78, 5) is 33.8. The molecule has 4 aromatic carbocycles. The molecule has 7 heteroatoms. The molecule has 38 heavy (non-hydrogen) atoms. The smallest absolute Gasteiger partial charge is 0.266 e. The highest BCUT2D eigenvalue weighted by molar-refractivity contribution is 6.28. The molecular weight excluding hydrogens is 476 g/mol. The molecule has 0 aliphatic rings. The first-order chi connectivity index (χ1) is 18.6. The SMILES string of the molecule is COc1ccc(-n2cc3c(n2)c(N(C(=O)c2ccccc2)C(=O)c2ccccc2)nc2ccccc23)cc1. The number of imide groups is 1. The summed E-state index contributed by atoms with van der Waals surface area (Å²) >= 11 is 0. The zero-order chi connectivity index (χ0) is 26.1. The summed E-state index contributed by atoms with van der Waals surface area (Å²) in [7, 11) is 1.61. The largest absolute Gasteiger partial charge is 0.497 e. The predicted molar refractivity (Wildman–Crippen MR) is 147 cm³/mol. The summed E-state index contributed by atoms with van der Waals surface area (Å²) in [5.41, 5.74) is 2.63. The lowest BCUT2D eigenvalue weighted by atomic mass is 10.1. The van der Waals surface area contributed by atoms with Crippen molar-refractivity contribution in [3.63, 3.8) is 0 Å². The van der Waals surface area contributed by atoms with Crippen molar-refractivity contribution in [2.45, 2.75) is 0 Å². The van der Waals surface area contributed by atoms with Crippen molar-refractivity contribution in [2.75, 3.05) is 12.0 Å². The number of fused-ring (bicyclic) bond motifs is 3. The van der Waals surface area contributed by atoms with Crippen LogP contribution in [0.15, 0.2) is 115 Å². The van der Waals surface area contributed by atoms with Crippen molar-refractivity contribution in [2.24, 2.45) is 0 Å². The van der Waals surface area contributed by atoms with E-state index in [2.05, 4.69) is 0 Å². The van der Waals surface area contributed by atoms with Crippen LogP contribution < -0.4 is 9.64 Å². The van der Waals surface area contributed by atoms with Gasteiger partial charge in [0.25, 0.3) is 11.8 Å². The third-order valence-corrected chi connectivity index (χ3v) is 6.34. The Bertz CT molecular complexity index is 1730. The predicted octanol–water partition coefficient (Wildman–Crippen LogP) is 6.07. The minimum atomic E-state index is -0.484. The van der Waals surface area contributed by atoms with Crippen LogP contribution in [-0.4, -0.2) is 33.7 Å². The van der Waals surface area contributed by atoms with Crippen molar-refractivity contribution < 1.29 is 14.3 Å². The molecule has 0 fully saturated rings. The van der Waals surface area contributed by atoms with Crippen molar-refractivity contribution in [1.82, 2.24) is 14.8 Å². The van der Waals surface area contributed by atoms with Crippen LogP contribution in [0.3, 0.4) is 0 Å². The average Bonchev–Trinajstić information content (AvgIpc) is 3.44. The van der Waals surface area contributed by atoms with Crippen LogP contribution in [0.5, 0.6) is 5.75 Å². The van der Waals surface area contributed by atoms with Crippen molar-refractivity contribution in [3.05, 3.63) is 127 Å². The third kappa shape index (κ3) is 4.06. The number of ether oxygens (including phenoxy) is 1. The molecule has 0 aliphatic carbocycles. The molecule has 0 atom stereocenters. The van der Waals surface area contributed by atoms with Crippen LogP contribution in [0.2, 0.25) is 0 Å². The standard InChI is InChI=1S/C31H22N4O3/c1-38-24-18-16-23(17-19-24)34-20-26-25-14-8-9-15-27(25)32-29(28(26)33-34)35(30(36)21-10-4-2-5-11-21)31(37)22-12-6-3-7-13-22/h2-20H,1H3. The molecule has 0 spiro atoms. The van der Waals surface area contributed by atoms with Gasteiger partial charge in [-0.2, -0.15) is 5.10 Å². The second-order valence-corrected chi connectivity index (χ2v) is 8.66. The van der Waals surface area contributed by atoms with E-state index in [1.54, 1.807) is 60.3 Å². The Kier molecular flexibility index (Phi) is 5.86. The van der Waals surface area contributed by atoms with Crippen LogP contribution in [-0.2, 0) is 0 Å². The van der Waals surface area contributed by atoms with Gasteiger partial charge in [-0.1, -0.05) is 54.6 Å². The first-order valence-electron chi connectivity index (χ1n) is 12.1. The Labute approximate surface area is 218 Å². The normalized spacial score (nSPS) is 11.0. The van der Waals surface area contributed by atoms with E-state index < -0.39 is 11.8 Å². The summed E-state index contributed by atoms with van der Waals surface area (Å²) in [6, 6.07) is 32.5. The molecule has 0 bridgehead atoms.